The van der Waals surface area contributed by atoms with E-state index in [-0.39, 0.29) is 31.6 Å². The number of carbonyl (C=O) groups excluding carboxylic acids is 1. The van der Waals surface area contributed by atoms with E-state index >= 15 is 0 Å². The van der Waals surface area contributed by atoms with Crippen LogP contribution in [0.4, 0.5) is 4.79 Å². The van der Waals surface area contributed by atoms with Crippen molar-refractivity contribution in [3.8, 4) is 11.1 Å². The number of rotatable bonds is 4. The number of hydrogen-bond donors (Lipinski definition) is 1. The fourth-order valence-corrected chi connectivity index (χ4v) is 4.50. The lowest BCUT2D eigenvalue weighted by molar-refractivity contribution is -0.141. The molecular weight excluding hydrogens is 382 g/mol. The molecule has 0 saturated carbocycles. The molecule has 1 N–H and O–H groups in total. The normalized spacial score (nSPS) is 20.7. The maximum Gasteiger partial charge on any atom is 0.410 e. The van der Waals surface area contributed by atoms with Gasteiger partial charge in [-0.05, 0) is 43.0 Å². The zero-order valence-corrected chi connectivity index (χ0v) is 17.5. The Bertz CT molecular complexity index is 919. The van der Waals surface area contributed by atoms with Crippen LogP contribution >= 0.6 is 0 Å². The van der Waals surface area contributed by atoms with Crippen molar-refractivity contribution >= 4 is 12.1 Å². The Kier molecular flexibility index (Phi) is 5.28. The number of ether oxygens (including phenoxy) is 2. The average Bonchev–Trinajstić information content (AvgIpc) is 3.24. The van der Waals surface area contributed by atoms with Crippen LogP contribution in [0.2, 0.25) is 0 Å². The molecule has 1 aliphatic carbocycles. The molecule has 2 atom stereocenters. The van der Waals surface area contributed by atoms with Crippen molar-refractivity contribution in [3.05, 3.63) is 59.7 Å². The van der Waals surface area contributed by atoms with Crippen LogP contribution in [0.1, 0.15) is 44.2 Å². The van der Waals surface area contributed by atoms with Gasteiger partial charge in [-0.3, -0.25) is 4.90 Å². The van der Waals surface area contributed by atoms with Crippen LogP contribution in [0, 0.1) is 0 Å². The summed E-state index contributed by atoms with van der Waals surface area (Å²) >= 11 is 0. The van der Waals surface area contributed by atoms with E-state index in [9.17, 15) is 14.7 Å². The van der Waals surface area contributed by atoms with E-state index in [0.29, 0.717) is 0 Å². The third-order valence-corrected chi connectivity index (χ3v) is 5.64. The van der Waals surface area contributed by atoms with Gasteiger partial charge in [-0.2, -0.15) is 0 Å². The lowest BCUT2D eigenvalue weighted by Crippen LogP contribution is -2.41. The lowest BCUT2D eigenvalue weighted by Gasteiger charge is -2.25. The molecule has 6 heteroatoms. The first-order chi connectivity index (χ1) is 14.2. The molecule has 6 nitrogen and oxygen atoms in total. The minimum absolute atomic E-state index is 0.0612. The van der Waals surface area contributed by atoms with E-state index < -0.39 is 23.7 Å². The van der Waals surface area contributed by atoms with Crippen molar-refractivity contribution in [1.82, 2.24) is 4.90 Å². The van der Waals surface area contributed by atoms with Crippen LogP contribution in [-0.4, -0.2) is 53.0 Å². The number of fused-ring (bicyclic) bond motifs is 3. The number of carboxylic acids is 1. The molecule has 30 heavy (non-hydrogen) atoms. The van der Waals surface area contributed by atoms with Gasteiger partial charge in [0.15, 0.2) is 0 Å². The number of amides is 1. The number of carboxylic acid groups (broad SMARTS) is 1. The molecule has 158 valence electrons. The molecule has 1 aliphatic heterocycles. The van der Waals surface area contributed by atoms with Gasteiger partial charge in [0.1, 0.15) is 12.6 Å². The van der Waals surface area contributed by atoms with Gasteiger partial charge in [-0.1, -0.05) is 48.5 Å². The minimum Gasteiger partial charge on any atom is -0.480 e. The van der Waals surface area contributed by atoms with Crippen molar-refractivity contribution in [2.45, 2.75) is 50.9 Å². The van der Waals surface area contributed by atoms with E-state index in [2.05, 4.69) is 24.3 Å². The smallest absolute Gasteiger partial charge is 0.410 e. The summed E-state index contributed by atoms with van der Waals surface area (Å²) in [6.07, 6.45) is -0.674. The standard InChI is InChI=1S/C24H27NO5/c1-24(2,3)30-15-12-21(22(26)27)25(13-15)23(28)29-14-20-18-10-6-4-8-16(18)17-9-5-7-11-19(17)20/h4-11,15,20-21H,12-14H2,1-3H3,(H,26,27)/t15-,21-/m0/s1. The minimum atomic E-state index is -1.04. The van der Waals surface area contributed by atoms with E-state index in [4.69, 9.17) is 9.47 Å². The molecule has 0 unspecified atom stereocenters. The van der Waals surface area contributed by atoms with Gasteiger partial charge in [-0.25, -0.2) is 9.59 Å². The molecule has 2 aromatic rings. The Morgan fingerprint density at radius 3 is 2.13 bits per heavy atom. The molecule has 4 rings (SSSR count). The molecule has 0 radical (unpaired) electrons. The van der Waals surface area contributed by atoms with Crippen LogP contribution < -0.4 is 0 Å². The second kappa shape index (κ2) is 7.76. The second-order valence-corrected chi connectivity index (χ2v) is 8.90. The zero-order chi connectivity index (χ0) is 21.5. The van der Waals surface area contributed by atoms with Gasteiger partial charge in [0.05, 0.1) is 18.2 Å². The highest BCUT2D eigenvalue weighted by molar-refractivity contribution is 5.81. The summed E-state index contributed by atoms with van der Waals surface area (Å²) in [6, 6.07) is 15.3. The molecule has 1 fully saturated rings. The van der Waals surface area contributed by atoms with E-state index in [1.807, 2.05) is 45.0 Å². The zero-order valence-electron chi connectivity index (χ0n) is 17.5. The number of likely N-dealkylation sites (tertiary alicyclic amines) is 1. The van der Waals surface area contributed by atoms with E-state index in [1.54, 1.807) is 0 Å². The SMILES string of the molecule is CC(C)(C)O[C@H]1C[C@@H](C(=O)O)N(C(=O)OCC2c3ccccc3-c3ccccc32)C1. The Labute approximate surface area is 176 Å². The summed E-state index contributed by atoms with van der Waals surface area (Å²) in [4.78, 5) is 25.8. The fraction of sp³-hybridized carbons (Fsp3) is 0.417. The summed E-state index contributed by atoms with van der Waals surface area (Å²) in [7, 11) is 0. The predicted molar refractivity (Wildman–Crippen MR) is 112 cm³/mol. The summed E-state index contributed by atoms with van der Waals surface area (Å²) in [5.74, 6) is -1.10. The van der Waals surface area contributed by atoms with Crippen LogP contribution in [0.3, 0.4) is 0 Å². The third kappa shape index (κ3) is 3.92. The largest absolute Gasteiger partial charge is 0.480 e. The summed E-state index contributed by atoms with van der Waals surface area (Å²) in [5.41, 5.74) is 4.13. The quantitative estimate of drug-likeness (QED) is 0.816. The molecule has 2 aliphatic rings. The predicted octanol–water partition coefficient (Wildman–Crippen LogP) is 4.28. The molecule has 0 aromatic heterocycles. The van der Waals surface area contributed by atoms with Crippen LogP contribution in [0.25, 0.3) is 11.1 Å². The van der Waals surface area contributed by atoms with Crippen molar-refractivity contribution in [2.24, 2.45) is 0 Å². The van der Waals surface area contributed by atoms with E-state index in [0.717, 1.165) is 22.3 Å². The van der Waals surface area contributed by atoms with Crippen LogP contribution in [0.15, 0.2) is 48.5 Å². The molecule has 1 heterocycles. The molecule has 0 spiro atoms. The van der Waals surface area contributed by atoms with Gasteiger partial charge in [0.25, 0.3) is 0 Å². The van der Waals surface area contributed by atoms with E-state index in [1.165, 1.54) is 4.90 Å². The highest BCUT2D eigenvalue weighted by atomic mass is 16.6. The monoisotopic (exact) mass is 409 g/mol. The van der Waals surface area contributed by atoms with Crippen LogP contribution in [-0.2, 0) is 14.3 Å². The van der Waals surface area contributed by atoms with Gasteiger partial charge in [0.2, 0.25) is 0 Å². The molecule has 0 bridgehead atoms. The topological polar surface area (TPSA) is 76.1 Å². The van der Waals surface area contributed by atoms with Gasteiger partial charge in [0, 0.05) is 12.3 Å². The number of hydrogen-bond acceptors (Lipinski definition) is 4. The summed E-state index contributed by atoms with van der Waals surface area (Å²) in [6.45, 7) is 6.13. The average molecular weight is 409 g/mol. The van der Waals surface area contributed by atoms with Gasteiger partial charge >= 0.3 is 12.1 Å². The molecule has 2 aromatic carbocycles. The first-order valence-electron chi connectivity index (χ1n) is 10.3. The highest BCUT2D eigenvalue weighted by Crippen LogP contribution is 2.44. The fourth-order valence-electron chi connectivity index (χ4n) is 4.50. The number of benzene rings is 2. The summed E-state index contributed by atoms with van der Waals surface area (Å²) < 4.78 is 11.6. The lowest BCUT2D eigenvalue weighted by atomic mass is 9.98. The first-order valence-corrected chi connectivity index (χ1v) is 10.3. The van der Waals surface area contributed by atoms with Crippen molar-refractivity contribution in [1.29, 1.82) is 0 Å². The maximum absolute atomic E-state index is 12.8. The Morgan fingerprint density at radius 2 is 1.60 bits per heavy atom. The Balaban J connectivity index is 1.48. The van der Waals surface area contributed by atoms with Crippen molar-refractivity contribution in [3.63, 3.8) is 0 Å². The Morgan fingerprint density at radius 1 is 1.03 bits per heavy atom. The van der Waals surface area contributed by atoms with Crippen molar-refractivity contribution in [2.75, 3.05) is 13.2 Å². The molecular formula is C24H27NO5. The number of aliphatic carboxylic acids is 1. The Hall–Kier alpha value is -2.86. The van der Waals surface area contributed by atoms with Crippen molar-refractivity contribution < 1.29 is 24.2 Å². The highest BCUT2D eigenvalue weighted by Gasteiger charge is 2.42. The second-order valence-electron chi connectivity index (χ2n) is 8.90. The van der Waals surface area contributed by atoms with Gasteiger partial charge in [-0.15, -0.1) is 0 Å². The molecule has 1 saturated heterocycles. The van der Waals surface area contributed by atoms with Gasteiger partial charge < -0.3 is 14.6 Å². The first kappa shape index (κ1) is 20.4. The third-order valence-electron chi connectivity index (χ3n) is 5.64. The summed E-state index contributed by atoms with van der Waals surface area (Å²) in [5, 5.41) is 9.58. The molecule has 1 amide bonds. The number of carbonyl (C=O) groups is 2. The maximum atomic E-state index is 12.8. The van der Waals surface area contributed by atoms with Crippen LogP contribution in [0.5, 0.6) is 0 Å². The number of nitrogens with zero attached hydrogens (tertiary/aromatic N) is 1.